The highest BCUT2D eigenvalue weighted by molar-refractivity contribution is 5.89. The van der Waals surface area contributed by atoms with E-state index in [1.54, 1.807) is 6.07 Å². The van der Waals surface area contributed by atoms with Crippen LogP contribution < -0.4 is 0 Å². The summed E-state index contributed by atoms with van der Waals surface area (Å²) in [7, 11) is 0. The normalized spacial score (nSPS) is 9.95. The highest BCUT2D eigenvalue weighted by atomic mass is 19.1. The Morgan fingerprint density at radius 2 is 1.95 bits per heavy atom. The molecule has 0 unspecified atom stereocenters. The predicted octanol–water partition coefficient (Wildman–Crippen LogP) is 3.20. The Morgan fingerprint density at radius 3 is 2.58 bits per heavy atom. The van der Waals surface area contributed by atoms with Gasteiger partial charge in [0.05, 0.1) is 11.1 Å². The average molecular weight is 259 g/mol. The Labute approximate surface area is 107 Å². The maximum Gasteiger partial charge on any atom is 0.338 e. The Morgan fingerprint density at radius 1 is 1.21 bits per heavy atom. The molecule has 0 spiro atoms. The lowest BCUT2D eigenvalue weighted by molar-refractivity contribution is 0.0692. The summed E-state index contributed by atoms with van der Waals surface area (Å²) in [6, 6.07) is 9.13. The maximum atomic E-state index is 13.9. The molecule has 19 heavy (non-hydrogen) atoms. The molecule has 0 atom stereocenters. The van der Waals surface area contributed by atoms with Gasteiger partial charge in [-0.05, 0) is 23.8 Å². The van der Waals surface area contributed by atoms with Crippen molar-refractivity contribution in [3.05, 3.63) is 59.2 Å². The number of carboxylic acid groups (broad SMARTS) is 1. The van der Waals surface area contributed by atoms with Crippen LogP contribution in [0.2, 0.25) is 0 Å². The standard InChI is InChI=1S/C14H7F2NO2/c15-12-5-4-8(6-11(12)14(18)19)10-3-1-2-9(7-17)13(10)16/h1-6H,(H,18,19). The number of aromatic carboxylic acids is 1. The molecule has 2 rings (SSSR count). The van der Waals surface area contributed by atoms with Gasteiger partial charge in [0, 0.05) is 5.56 Å². The third-order valence-corrected chi connectivity index (χ3v) is 2.63. The SMILES string of the molecule is N#Cc1cccc(-c2ccc(F)c(C(=O)O)c2)c1F. The van der Waals surface area contributed by atoms with Crippen molar-refractivity contribution in [2.24, 2.45) is 0 Å². The van der Waals surface area contributed by atoms with E-state index in [1.807, 2.05) is 0 Å². The monoisotopic (exact) mass is 259 g/mol. The van der Waals surface area contributed by atoms with Crippen LogP contribution in [-0.2, 0) is 0 Å². The van der Waals surface area contributed by atoms with Crippen LogP contribution in [0.4, 0.5) is 8.78 Å². The van der Waals surface area contributed by atoms with E-state index in [9.17, 15) is 13.6 Å². The summed E-state index contributed by atoms with van der Waals surface area (Å²) < 4.78 is 27.2. The quantitative estimate of drug-likeness (QED) is 0.900. The molecule has 3 nitrogen and oxygen atoms in total. The zero-order valence-electron chi connectivity index (χ0n) is 9.52. The molecule has 0 aliphatic rings. The molecule has 94 valence electrons. The van der Waals surface area contributed by atoms with E-state index < -0.39 is 23.2 Å². The summed E-state index contributed by atoms with van der Waals surface area (Å²) in [4.78, 5) is 10.8. The van der Waals surface area contributed by atoms with Crippen molar-refractivity contribution in [2.45, 2.75) is 0 Å². The van der Waals surface area contributed by atoms with Gasteiger partial charge in [-0.25, -0.2) is 13.6 Å². The topological polar surface area (TPSA) is 61.1 Å². The van der Waals surface area contributed by atoms with Crippen molar-refractivity contribution in [3.8, 4) is 17.2 Å². The fourth-order valence-electron chi connectivity index (χ4n) is 1.70. The summed E-state index contributed by atoms with van der Waals surface area (Å²) in [6.45, 7) is 0. The number of carboxylic acids is 1. The van der Waals surface area contributed by atoms with Gasteiger partial charge >= 0.3 is 5.97 Å². The molecule has 0 aliphatic carbocycles. The van der Waals surface area contributed by atoms with Crippen molar-refractivity contribution in [1.82, 2.24) is 0 Å². The van der Waals surface area contributed by atoms with Crippen molar-refractivity contribution >= 4 is 5.97 Å². The number of nitrogens with zero attached hydrogens (tertiary/aromatic N) is 1. The second-order valence-electron chi connectivity index (χ2n) is 3.78. The van der Waals surface area contributed by atoms with Gasteiger partial charge < -0.3 is 5.11 Å². The number of carbonyl (C=O) groups is 1. The summed E-state index contributed by atoms with van der Waals surface area (Å²) in [5.41, 5.74) is -0.437. The molecule has 0 fully saturated rings. The van der Waals surface area contributed by atoms with Crippen LogP contribution in [0.3, 0.4) is 0 Å². The molecule has 0 aliphatic heterocycles. The van der Waals surface area contributed by atoms with Crippen LogP contribution in [0, 0.1) is 23.0 Å². The van der Waals surface area contributed by atoms with Gasteiger partial charge in [0.2, 0.25) is 0 Å². The van der Waals surface area contributed by atoms with E-state index in [4.69, 9.17) is 10.4 Å². The van der Waals surface area contributed by atoms with Crippen molar-refractivity contribution in [1.29, 1.82) is 5.26 Å². The first kappa shape index (κ1) is 12.7. The fraction of sp³-hybridized carbons (Fsp3) is 0. The van der Waals surface area contributed by atoms with Crippen LogP contribution in [0.15, 0.2) is 36.4 Å². The molecule has 0 radical (unpaired) electrons. The van der Waals surface area contributed by atoms with Crippen LogP contribution in [0.5, 0.6) is 0 Å². The van der Waals surface area contributed by atoms with Gasteiger partial charge in [0.25, 0.3) is 0 Å². The maximum absolute atomic E-state index is 13.9. The van der Waals surface area contributed by atoms with Crippen LogP contribution in [-0.4, -0.2) is 11.1 Å². The molecule has 5 heteroatoms. The smallest absolute Gasteiger partial charge is 0.338 e. The Bertz CT molecular complexity index is 705. The molecule has 0 bridgehead atoms. The molecule has 0 heterocycles. The van der Waals surface area contributed by atoms with Gasteiger partial charge in [0.15, 0.2) is 0 Å². The van der Waals surface area contributed by atoms with Crippen LogP contribution >= 0.6 is 0 Å². The minimum Gasteiger partial charge on any atom is -0.478 e. The minimum absolute atomic E-state index is 0.0570. The van der Waals surface area contributed by atoms with Gasteiger partial charge in [-0.15, -0.1) is 0 Å². The number of rotatable bonds is 2. The summed E-state index contributed by atoms with van der Waals surface area (Å²) in [5, 5.41) is 17.6. The second kappa shape index (κ2) is 4.86. The molecular weight excluding hydrogens is 252 g/mol. The lowest BCUT2D eigenvalue weighted by Crippen LogP contribution is -2.01. The van der Waals surface area contributed by atoms with E-state index in [0.29, 0.717) is 0 Å². The van der Waals surface area contributed by atoms with Gasteiger partial charge in [0.1, 0.15) is 17.7 Å². The van der Waals surface area contributed by atoms with Gasteiger partial charge in [-0.2, -0.15) is 5.26 Å². The molecule has 0 saturated carbocycles. The first-order chi connectivity index (χ1) is 9.04. The summed E-state index contributed by atoms with van der Waals surface area (Å²) >= 11 is 0. The van der Waals surface area contributed by atoms with E-state index >= 15 is 0 Å². The first-order valence-electron chi connectivity index (χ1n) is 5.26. The molecule has 1 N–H and O–H groups in total. The minimum atomic E-state index is -1.43. The van der Waals surface area contributed by atoms with Crippen LogP contribution in [0.1, 0.15) is 15.9 Å². The van der Waals surface area contributed by atoms with Gasteiger partial charge in [-0.3, -0.25) is 0 Å². The Balaban J connectivity index is 2.64. The van der Waals surface area contributed by atoms with Crippen molar-refractivity contribution in [3.63, 3.8) is 0 Å². The lowest BCUT2D eigenvalue weighted by atomic mass is 10.00. The molecule has 0 amide bonds. The van der Waals surface area contributed by atoms with E-state index in [0.717, 1.165) is 12.1 Å². The molecule has 2 aromatic carbocycles. The largest absolute Gasteiger partial charge is 0.478 e. The molecule has 0 saturated heterocycles. The summed E-state index contributed by atoms with van der Waals surface area (Å²) in [5.74, 6) is -3.09. The third kappa shape index (κ3) is 2.29. The molecule has 0 aromatic heterocycles. The van der Waals surface area contributed by atoms with E-state index in [2.05, 4.69) is 0 Å². The Hall–Kier alpha value is -2.74. The second-order valence-corrected chi connectivity index (χ2v) is 3.78. The number of halogens is 2. The van der Waals surface area contributed by atoms with Gasteiger partial charge in [-0.1, -0.05) is 18.2 Å². The third-order valence-electron chi connectivity index (χ3n) is 2.63. The fourth-order valence-corrected chi connectivity index (χ4v) is 1.70. The zero-order valence-corrected chi connectivity index (χ0v) is 9.52. The number of nitriles is 1. The summed E-state index contributed by atoms with van der Waals surface area (Å²) in [6.07, 6.45) is 0. The lowest BCUT2D eigenvalue weighted by Gasteiger charge is -2.06. The highest BCUT2D eigenvalue weighted by Gasteiger charge is 2.14. The zero-order chi connectivity index (χ0) is 14.0. The number of benzene rings is 2. The Kier molecular flexibility index (Phi) is 3.25. The van der Waals surface area contributed by atoms with E-state index in [1.165, 1.54) is 24.3 Å². The predicted molar refractivity (Wildman–Crippen MR) is 63.5 cm³/mol. The van der Waals surface area contributed by atoms with Crippen LogP contribution in [0.25, 0.3) is 11.1 Å². The molecular formula is C14H7F2NO2. The first-order valence-corrected chi connectivity index (χ1v) is 5.26. The van der Waals surface area contributed by atoms with Crippen molar-refractivity contribution < 1.29 is 18.7 Å². The van der Waals surface area contributed by atoms with Crippen molar-refractivity contribution in [2.75, 3.05) is 0 Å². The molecule has 2 aromatic rings. The number of hydrogen-bond acceptors (Lipinski definition) is 2. The number of hydrogen-bond donors (Lipinski definition) is 1. The average Bonchev–Trinajstić information content (AvgIpc) is 2.39. The van der Waals surface area contributed by atoms with E-state index in [-0.39, 0.29) is 16.7 Å². The highest BCUT2D eigenvalue weighted by Crippen LogP contribution is 2.26.